The lowest BCUT2D eigenvalue weighted by Crippen LogP contribution is -2.42. The van der Waals surface area contributed by atoms with Gasteiger partial charge in [-0.1, -0.05) is 32.0 Å². The zero-order valence-corrected chi connectivity index (χ0v) is 15.1. The van der Waals surface area contributed by atoms with Crippen molar-refractivity contribution in [3.8, 4) is 0 Å². The highest BCUT2D eigenvalue weighted by Gasteiger charge is 2.20. The minimum atomic E-state index is -0.366. The van der Waals surface area contributed by atoms with E-state index in [0.29, 0.717) is 19.5 Å². The average Bonchev–Trinajstić information content (AvgIpc) is 2.89. The lowest BCUT2D eigenvalue weighted by atomic mass is 9.87. The van der Waals surface area contributed by atoms with Crippen molar-refractivity contribution < 1.29 is 9.90 Å². The number of fused-ring (bicyclic) bond motifs is 1. The molecular weight excluding hydrogens is 302 g/mol. The largest absolute Gasteiger partial charge is 0.393 e. The molecular formula is C19H29N3O2. The van der Waals surface area contributed by atoms with Gasteiger partial charge in [0.25, 0.3) is 0 Å². The van der Waals surface area contributed by atoms with E-state index in [1.807, 2.05) is 20.0 Å². The van der Waals surface area contributed by atoms with Crippen LogP contribution < -0.4 is 10.6 Å². The summed E-state index contributed by atoms with van der Waals surface area (Å²) in [6.45, 7) is 9.05. The van der Waals surface area contributed by atoms with Crippen LogP contribution in [0, 0.1) is 12.3 Å². The van der Waals surface area contributed by atoms with Crippen LogP contribution in [0.3, 0.4) is 0 Å². The topological polar surface area (TPSA) is 77.2 Å². The fraction of sp³-hybridized carbons (Fsp3) is 0.526. The Hall–Kier alpha value is -2.01. The number of hydrogen-bond acceptors (Lipinski definition) is 2. The zero-order valence-electron chi connectivity index (χ0n) is 15.1. The maximum Gasteiger partial charge on any atom is 0.314 e. The number of benzene rings is 1. The number of aromatic amines is 1. The predicted octanol–water partition coefficient (Wildman–Crippen LogP) is 3.12. The Morgan fingerprint density at radius 1 is 1.33 bits per heavy atom. The highest BCUT2D eigenvalue weighted by molar-refractivity contribution is 5.85. The highest BCUT2D eigenvalue weighted by atomic mass is 16.3. The van der Waals surface area contributed by atoms with Crippen molar-refractivity contribution in [2.75, 3.05) is 13.1 Å². The van der Waals surface area contributed by atoms with Crippen LogP contribution in [0.25, 0.3) is 10.9 Å². The van der Waals surface area contributed by atoms with Gasteiger partial charge in [-0.25, -0.2) is 4.79 Å². The van der Waals surface area contributed by atoms with E-state index < -0.39 is 0 Å². The molecule has 0 aliphatic rings. The van der Waals surface area contributed by atoms with E-state index in [1.165, 1.54) is 16.5 Å². The van der Waals surface area contributed by atoms with Crippen LogP contribution >= 0.6 is 0 Å². The Morgan fingerprint density at radius 3 is 2.79 bits per heavy atom. The van der Waals surface area contributed by atoms with Crippen molar-refractivity contribution in [3.63, 3.8) is 0 Å². The number of aliphatic hydroxyl groups excluding tert-OH is 1. The Kier molecular flexibility index (Phi) is 5.89. The van der Waals surface area contributed by atoms with Crippen molar-refractivity contribution >= 4 is 16.9 Å². The van der Waals surface area contributed by atoms with E-state index in [4.69, 9.17) is 0 Å². The Labute approximate surface area is 143 Å². The number of nitrogens with one attached hydrogen (secondary N) is 3. The molecule has 1 aromatic carbocycles. The summed E-state index contributed by atoms with van der Waals surface area (Å²) in [6, 6.07) is 6.08. The first-order valence-electron chi connectivity index (χ1n) is 8.54. The molecule has 5 nitrogen and oxygen atoms in total. The minimum absolute atomic E-state index is 0.125. The van der Waals surface area contributed by atoms with E-state index in [-0.39, 0.29) is 17.6 Å². The van der Waals surface area contributed by atoms with Gasteiger partial charge < -0.3 is 20.7 Å². The number of aromatic nitrogens is 1. The smallest absolute Gasteiger partial charge is 0.314 e. The van der Waals surface area contributed by atoms with Crippen LogP contribution in [-0.4, -0.2) is 35.3 Å². The lowest BCUT2D eigenvalue weighted by Gasteiger charge is -2.26. The molecule has 1 aromatic heterocycles. The summed E-state index contributed by atoms with van der Waals surface area (Å²) in [5, 5.41) is 16.5. The molecule has 5 heteroatoms. The van der Waals surface area contributed by atoms with Crippen LogP contribution in [0.5, 0.6) is 0 Å². The quantitative estimate of drug-likeness (QED) is 0.629. The lowest BCUT2D eigenvalue weighted by molar-refractivity contribution is 0.129. The van der Waals surface area contributed by atoms with Gasteiger partial charge in [-0.15, -0.1) is 0 Å². The van der Waals surface area contributed by atoms with Gasteiger partial charge in [-0.05, 0) is 43.2 Å². The number of carbonyl (C=O) groups is 1. The van der Waals surface area contributed by atoms with Crippen molar-refractivity contribution in [1.29, 1.82) is 0 Å². The number of H-pyrrole nitrogens is 1. The zero-order chi connectivity index (χ0) is 17.7. The standard InChI is InChI=1S/C19H29N3O2/c1-13-6-5-7-16-15(11-21-17(13)16)8-9-20-18(24)22-12-19(3,4)10-14(2)23/h5-7,11,14,21,23H,8-10,12H2,1-4H3,(H2,20,22,24). The molecule has 0 radical (unpaired) electrons. The molecule has 4 N–H and O–H groups in total. The van der Waals surface area contributed by atoms with Crippen molar-refractivity contribution in [2.45, 2.75) is 46.6 Å². The Bertz CT molecular complexity index is 689. The molecule has 2 amide bonds. The Balaban J connectivity index is 1.79. The van der Waals surface area contributed by atoms with Crippen LogP contribution in [0.1, 0.15) is 38.3 Å². The first-order valence-corrected chi connectivity index (χ1v) is 8.54. The minimum Gasteiger partial charge on any atom is -0.393 e. The molecule has 0 aliphatic carbocycles. The number of aliphatic hydroxyl groups is 1. The molecule has 2 aromatic rings. The number of rotatable bonds is 7. The molecule has 1 atom stereocenters. The molecule has 2 rings (SSSR count). The first-order chi connectivity index (χ1) is 11.3. The fourth-order valence-electron chi connectivity index (χ4n) is 3.14. The maximum absolute atomic E-state index is 11.9. The van der Waals surface area contributed by atoms with E-state index in [9.17, 15) is 9.90 Å². The number of aryl methyl sites for hydroxylation is 1. The van der Waals surface area contributed by atoms with Crippen molar-refractivity contribution in [3.05, 3.63) is 35.5 Å². The summed E-state index contributed by atoms with van der Waals surface area (Å²) in [5.41, 5.74) is 3.48. The monoisotopic (exact) mass is 331 g/mol. The van der Waals surface area contributed by atoms with Crippen LogP contribution in [0.4, 0.5) is 4.79 Å². The number of urea groups is 1. The second-order valence-electron chi connectivity index (χ2n) is 7.39. The van der Waals surface area contributed by atoms with Gasteiger partial charge in [0.2, 0.25) is 0 Å². The number of hydrogen-bond donors (Lipinski definition) is 4. The van der Waals surface area contributed by atoms with Crippen LogP contribution in [0.2, 0.25) is 0 Å². The van der Waals surface area contributed by atoms with Gasteiger partial charge in [-0.3, -0.25) is 0 Å². The van der Waals surface area contributed by atoms with Crippen molar-refractivity contribution in [2.24, 2.45) is 5.41 Å². The van der Waals surface area contributed by atoms with Gasteiger partial charge in [0.15, 0.2) is 0 Å². The second-order valence-corrected chi connectivity index (χ2v) is 7.39. The molecule has 0 fully saturated rings. The van der Waals surface area contributed by atoms with Gasteiger partial charge in [0.1, 0.15) is 0 Å². The number of amides is 2. The van der Waals surface area contributed by atoms with Gasteiger partial charge >= 0.3 is 6.03 Å². The van der Waals surface area contributed by atoms with Crippen molar-refractivity contribution in [1.82, 2.24) is 15.6 Å². The summed E-state index contributed by atoms with van der Waals surface area (Å²) < 4.78 is 0. The fourth-order valence-corrected chi connectivity index (χ4v) is 3.14. The molecule has 1 unspecified atom stereocenters. The first kappa shape index (κ1) is 18.3. The summed E-state index contributed by atoms with van der Waals surface area (Å²) in [7, 11) is 0. The molecule has 0 saturated heterocycles. The van der Waals surface area contributed by atoms with Gasteiger partial charge in [0, 0.05) is 30.2 Å². The Morgan fingerprint density at radius 2 is 2.08 bits per heavy atom. The molecule has 0 bridgehead atoms. The van der Waals surface area contributed by atoms with Crippen LogP contribution in [0.15, 0.2) is 24.4 Å². The summed E-state index contributed by atoms with van der Waals surface area (Å²) in [5.74, 6) is 0. The third-order valence-corrected chi connectivity index (χ3v) is 4.26. The second kappa shape index (κ2) is 7.71. The number of para-hydroxylation sites is 1. The maximum atomic E-state index is 11.9. The normalized spacial score (nSPS) is 13.0. The third-order valence-electron chi connectivity index (χ3n) is 4.26. The molecule has 0 aliphatic heterocycles. The molecule has 1 heterocycles. The molecule has 132 valence electrons. The average molecular weight is 331 g/mol. The number of carbonyl (C=O) groups excluding carboxylic acids is 1. The third kappa shape index (κ3) is 4.99. The van der Waals surface area contributed by atoms with Gasteiger partial charge in [0.05, 0.1) is 6.10 Å². The van der Waals surface area contributed by atoms with Crippen LogP contribution in [-0.2, 0) is 6.42 Å². The van der Waals surface area contributed by atoms with E-state index >= 15 is 0 Å². The predicted molar refractivity (Wildman–Crippen MR) is 98.2 cm³/mol. The molecule has 0 spiro atoms. The van der Waals surface area contributed by atoms with Gasteiger partial charge in [-0.2, -0.15) is 0 Å². The summed E-state index contributed by atoms with van der Waals surface area (Å²) >= 11 is 0. The highest BCUT2D eigenvalue weighted by Crippen LogP contribution is 2.22. The summed E-state index contributed by atoms with van der Waals surface area (Å²) in [6.07, 6.45) is 3.09. The van der Waals surface area contributed by atoms with E-state index in [2.05, 4.69) is 40.7 Å². The van der Waals surface area contributed by atoms with E-state index in [1.54, 1.807) is 6.92 Å². The molecule has 24 heavy (non-hydrogen) atoms. The SMILES string of the molecule is Cc1cccc2c(CCNC(=O)NCC(C)(C)CC(C)O)c[nH]c12. The summed E-state index contributed by atoms with van der Waals surface area (Å²) in [4.78, 5) is 15.2. The molecule has 0 saturated carbocycles. The van der Waals surface area contributed by atoms with E-state index in [0.717, 1.165) is 11.9 Å².